The third kappa shape index (κ3) is 2.84. The summed E-state index contributed by atoms with van der Waals surface area (Å²) in [7, 11) is 0. The number of para-hydroxylation sites is 1. The summed E-state index contributed by atoms with van der Waals surface area (Å²) in [6, 6.07) is 9.52. The van der Waals surface area contributed by atoms with Crippen LogP contribution in [0.1, 0.15) is 30.8 Å². The van der Waals surface area contributed by atoms with Gasteiger partial charge in [-0.25, -0.2) is 9.78 Å². The van der Waals surface area contributed by atoms with Crippen molar-refractivity contribution in [1.29, 1.82) is 0 Å². The first kappa shape index (κ1) is 14.6. The molecule has 2 heterocycles. The van der Waals surface area contributed by atoms with Crippen LogP contribution < -0.4 is 5.32 Å². The van der Waals surface area contributed by atoms with Crippen LogP contribution in [-0.4, -0.2) is 33.6 Å². The Morgan fingerprint density at radius 3 is 2.73 bits per heavy atom. The Morgan fingerprint density at radius 1 is 1.32 bits per heavy atom. The Hall–Kier alpha value is -2.30. The number of carbonyl (C=O) groups excluding carboxylic acids is 1. The van der Waals surface area contributed by atoms with Gasteiger partial charge in [0.2, 0.25) is 0 Å². The van der Waals surface area contributed by atoms with Gasteiger partial charge >= 0.3 is 6.03 Å². The molecule has 1 N–H and O–H groups in total. The zero-order valence-electron chi connectivity index (χ0n) is 13.1. The fraction of sp³-hybridized carbons (Fsp3) is 0.412. The van der Waals surface area contributed by atoms with E-state index in [2.05, 4.69) is 28.7 Å². The summed E-state index contributed by atoms with van der Waals surface area (Å²) >= 11 is 0. The van der Waals surface area contributed by atoms with Crippen molar-refractivity contribution in [1.82, 2.24) is 14.5 Å². The molecule has 2 aromatic rings. The number of hydrogen-bond acceptors (Lipinski definition) is 2. The van der Waals surface area contributed by atoms with E-state index in [0.29, 0.717) is 5.92 Å². The molecule has 0 unspecified atom stereocenters. The number of hydrogen-bond donors (Lipinski definition) is 1. The molecule has 5 heteroatoms. The van der Waals surface area contributed by atoms with Gasteiger partial charge in [-0.2, -0.15) is 0 Å². The van der Waals surface area contributed by atoms with Crippen molar-refractivity contribution in [2.24, 2.45) is 0 Å². The summed E-state index contributed by atoms with van der Waals surface area (Å²) in [4.78, 5) is 18.5. The molecule has 0 spiro atoms. The maximum atomic E-state index is 12.2. The lowest BCUT2D eigenvalue weighted by Crippen LogP contribution is -2.51. The average Bonchev–Trinajstić information content (AvgIpc) is 2.81. The van der Waals surface area contributed by atoms with E-state index in [4.69, 9.17) is 0 Å². The first-order valence-corrected chi connectivity index (χ1v) is 7.82. The molecule has 0 radical (unpaired) electrons. The number of carbonyl (C=O) groups is 1. The monoisotopic (exact) mass is 298 g/mol. The quantitative estimate of drug-likeness (QED) is 0.942. The number of nitrogens with one attached hydrogen (secondary N) is 1. The standard InChI is InChI=1S/C17H22N4O/c1-3-9-21-13(2)10-18-16(21)14-11-20(12-14)17(22)19-15-7-5-4-6-8-15/h4-8,10,14H,3,9,11-12H2,1-2H3,(H,19,22). The Balaban J connectivity index is 1.59. The molecule has 1 aliphatic rings. The number of rotatable bonds is 4. The number of aromatic nitrogens is 2. The SMILES string of the molecule is CCCn1c(C)cnc1C1CN(C(=O)Nc2ccccc2)C1. The second-order valence-electron chi connectivity index (χ2n) is 5.81. The predicted molar refractivity (Wildman–Crippen MR) is 87.0 cm³/mol. The lowest BCUT2D eigenvalue weighted by molar-refractivity contribution is 0.159. The van der Waals surface area contributed by atoms with E-state index in [-0.39, 0.29) is 6.03 Å². The van der Waals surface area contributed by atoms with Gasteiger partial charge in [-0.3, -0.25) is 0 Å². The second-order valence-corrected chi connectivity index (χ2v) is 5.81. The van der Waals surface area contributed by atoms with Gasteiger partial charge in [-0.15, -0.1) is 0 Å². The molecule has 1 fully saturated rings. The maximum absolute atomic E-state index is 12.2. The normalized spacial score (nSPS) is 14.7. The minimum Gasteiger partial charge on any atom is -0.332 e. The summed E-state index contributed by atoms with van der Waals surface area (Å²) in [6.45, 7) is 6.72. The number of amides is 2. The first-order valence-electron chi connectivity index (χ1n) is 7.82. The fourth-order valence-electron chi connectivity index (χ4n) is 2.85. The minimum atomic E-state index is -0.0345. The van der Waals surface area contributed by atoms with Crippen LogP contribution in [0.15, 0.2) is 36.5 Å². The van der Waals surface area contributed by atoms with Gasteiger partial charge in [0, 0.05) is 37.2 Å². The van der Waals surface area contributed by atoms with Crippen LogP contribution in [0.5, 0.6) is 0 Å². The molecule has 0 aliphatic carbocycles. The number of aryl methyl sites for hydroxylation is 1. The maximum Gasteiger partial charge on any atom is 0.321 e. The predicted octanol–water partition coefficient (Wildman–Crippen LogP) is 3.23. The van der Waals surface area contributed by atoms with E-state index in [9.17, 15) is 4.79 Å². The Labute approximate surface area is 131 Å². The molecular weight excluding hydrogens is 276 g/mol. The van der Waals surface area contributed by atoms with Crippen molar-refractivity contribution in [3.05, 3.63) is 48.0 Å². The fourth-order valence-corrected chi connectivity index (χ4v) is 2.85. The van der Waals surface area contributed by atoms with Gasteiger partial charge < -0.3 is 14.8 Å². The van der Waals surface area contributed by atoms with Crippen molar-refractivity contribution >= 4 is 11.7 Å². The molecular formula is C17H22N4O. The minimum absolute atomic E-state index is 0.0345. The summed E-state index contributed by atoms with van der Waals surface area (Å²) in [6.07, 6.45) is 3.02. The molecule has 2 amide bonds. The summed E-state index contributed by atoms with van der Waals surface area (Å²) in [5.41, 5.74) is 2.03. The van der Waals surface area contributed by atoms with Crippen LogP contribution in [-0.2, 0) is 6.54 Å². The third-order valence-corrected chi connectivity index (χ3v) is 4.09. The number of imidazole rings is 1. The Bertz CT molecular complexity index is 644. The van der Waals surface area contributed by atoms with Crippen molar-refractivity contribution < 1.29 is 4.79 Å². The van der Waals surface area contributed by atoms with E-state index in [1.807, 2.05) is 41.4 Å². The van der Waals surface area contributed by atoms with Crippen LogP contribution in [0.4, 0.5) is 10.5 Å². The molecule has 1 aromatic heterocycles. The van der Waals surface area contributed by atoms with Crippen LogP contribution in [0.3, 0.4) is 0 Å². The van der Waals surface area contributed by atoms with E-state index in [0.717, 1.165) is 37.6 Å². The highest BCUT2D eigenvalue weighted by molar-refractivity contribution is 5.89. The number of nitrogens with zero attached hydrogens (tertiary/aromatic N) is 3. The highest BCUT2D eigenvalue weighted by atomic mass is 16.2. The van der Waals surface area contributed by atoms with Gasteiger partial charge in [-0.1, -0.05) is 25.1 Å². The Morgan fingerprint density at radius 2 is 2.05 bits per heavy atom. The smallest absolute Gasteiger partial charge is 0.321 e. The molecule has 1 aliphatic heterocycles. The highest BCUT2D eigenvalue weighted by Gasteiger charge is 2.34. The average molecular weight is 298 g/mol. The van der Waals surface area contributed by atoms with Gasteiger partial charge in [0.15, 0.2) is 0 Å². The summed E-state index contributed by atoms with van der Waals surface area (Å²) < 4.78 is 2.27. The molecule has 3 rings (SSSR count). The van der Waals surface area contributed by atoms with Crippen molar-refractivity contribution in [3.63, 3.8) is 0 Å². The lowest BCUT2D eigenvalue weighted by atomic mass is 9.99. The van der Waals surface area contributed by atoms with Gasteiger partial charge in [0.05, 0.1) is 5.92 Å². The molecule has 0 bridgehead atoms. The van der Waals surface area contributed by atoms with Crippen LogP contribution in [0.25, 0.3) is 0 Å². The van der Waals surface area contributed by atoms with Gasteiger partial charge in [0.1, 0.15) is 5.82 Å². The van der Waals surface area contributed by atoms with E-state index in [1.54, 1.807) is 0 Å². The first-order chi connectivity index (χ1) is 10.7. The molecule has 0 saturated carbocycles. The number of likely N-dealkylation sites (tertiary alicyclic amines) is 1. The van der Waals surface area contributed by atoms with Crippen molar-refractivity contribution in [2.75, 3.05) is 18.4 Å². The third-order valence-electron chi connectivity index (χ3n) is 4.09. The van der Waals surface area contributed by atoms with Crippen LogP contribution in [0.2, 0.25) is 0 Å². The van der Waals surface area contributed by atoms with Crippen LogP contribution in [0, 0.1) is 6.92 Å². The molecule has 5 nitrogen and oxygen atoms in total. The topological polar surface area (TPSA) is 50.2 Å². The Kier molecular flexibility index (Phi) is 4.13. The van der Waals surface area contributed by atoms with E-state index in [1.165, 1.54) is 5.69 Å². The molecule has 1 aromatic carbocycles. The molecule has 116 valence electrons. The van der Waals surface area contributed by atoms with E-state index >= 15 is 0 Å². The van der Waals surface area contributed by atoms with Crippen LogP contribution >= 0.6 is 0 Å². The number of urea groups is 1. The highest BCUT2D eigenvalue weighted by Crippen LogP contribution is 2.27. The zero-order chi connectivity index (χ0) is 15.5. The van der Waals surface area contributed by atoms with Crippen molar-refractivity contribution in [2.45, 2.75) is 32.7 Å². The van der Waals surface area contributed by atoms with E-state index < -0.39 is 0 Å². The molecule has 0 atom stereocenters. The number of benzene rings is 1. The van der Waals surface area contributed by atoms with Gasteiger partial charge in [0.25, 0.3) is 0 Å². The largest absolute Gasteiger partial charge is 0.332 e. The number of anilines is 1. The van der Waals surface area contributed by atoms with Crippen molar-refractivity contribution in [3.8, 4) is 0 Å². The van der Waals surface area contributed by atoms with Gasteiger partial charge in [-0.05, 0) is 25.5 Å². The second kappa shape index (κ2) is 6.22. The lowest BCUT2D eigenvalue weighted by Gasteiger charge is -2.38. The zero-order valence-corrected chi connectivity index (χ0v) is 13.1. The molecule has 22 heavy (non-hydrogen) atoms. The summed E-state index contributed by atoms with van der Waals surface area (Å²) in [5.74, 6) is 1.46. The molecule has 1 saturated heterocycles. The summed E-state index contributed by atoms with van der Waals surface area (Å²) in [5, 5.41) is 2.92.